The summed E-state index contributed by atoms with van der Waals surface area (Å²) in [5, 5.41) is 13.6. The molecule has 2 heterocycles. The number of carbonyl (C=O) groups is 2. The average molecular weight is 292 g/mol. The first kappa shape index (κ1) is 14.3. The molecule has 0 saturated carbocycles. The molecule has 0 spiro atoms. The molecule has 5 nitrogen and oxygen atoms in total. The largest absolute Gasteiger partial charge is 0.479 e. The van der Waals surface area contributed by atoms with Crippen LogP contribution in [0.2, 0.25) is 0 Å². The second kappa shape index (κ2) is 5.92. The molecule has 6 heteroatoms. The Morgan fingerprint density at radius 2 is 2.05 bits per heavy atom. The number of carboxylic acid groups (broad SMARTS) is 1. The first-order valence-corrected chi connectivity index (χ1v) is 7.12. The van der Waals surface area contributed by atoms with Crippen LogP contribution in [0, 0.1) is 0 Å². The van der Waals surface area contributed by atoms with Crippen molar-refractivity contribution >= 4 is 23.2 Å². The molecule has 0 radical (unpaired) electrons. The number of hydrogen-bond acceptors (Lipinski definition) is 3. The summed E-state index contributed by atoms with van der Waals surface area (Å²) in [6, 6.07) is 6.04. The molecule has 0 saturated heterocycles. The summed E-state index contributed by atoms with van der Waals surface area (Å²) in [6.07, 6.45) is 1.81. The Balaban J connectivity index is 2.21. The Kier molecular flexibility index (Phi) is 4.24. The van der Waals surface area contributed by atoms with E-state index in [4.69, 9.17) is 0 Å². The Labute approximate surface area is 120 Å². The molecule has 0 fully saturated rings. The monoisotopic (exact) mass is 292 g/mol. The summed E-state index contributed by atoms with van der Waals surface area (Å²) in [7, 11) is 0. The van der Waals surface area contributed by atoms with Crippen molar-refractivity contribution in [3.05, 3.63) is 46.4 Å². The lowest BCUT2D eigenvalue weighted by Crippen LogP contribution is -2.34. The number of amides is 1. The van der Waals surface area contributed by atoms with E-state index in [1.165, 1.54) is 11.3 Å². The van der Waals surface area contributed by atoms with Gasteiger partial charge in [-0.15, -0.1) is 11.3 Å². The molecule has 2 aromatic rings. The third-order valence-electron chi connectivity index (χ3n) is 2.92. The topological polar surface area (TPSA) is 71.3 Å². The molecule has 1 atom stereocenters. The van der Waals surface area contributed by atoms with Crippen LogP contribution in [-0.2, 0) is 4.79 Å². The fraction of sp³-hybridized carbons (Fsp3) is 0.286. The van der Waals surface area contributed by atoms with Gasteiger partial charge in [0.1, 0.15) is 5.69 Å². The van der Waals surface area contributed by atoms with Crippen molar-refractivity contribution in [2.75, 3.05) is 0 Å². The molecule has 0 bridgehead atoms. The third-order valence-corrected chi connectivity index (χ3v) is 3.86. The molecule has 2 rings (SSSR count). The lowest BCUT2D eigenvalue weighted by molar-refractivity contribution is -0.139. The highest BCUT2D eigenvalue weighted by molar-refractivity contribution is 7.10. The highest BCUT2D eigenvalue weighted by Crippen LogP contribution is 2.20. The second-order valence-electron chi connectivity index (χ2n) is 4.65. The predicted molar refractivity (Wildman–Crippen MR) is 77.0 cm³/mol. The van der Waals surface area contributed by atoms with Crippen molar-refractivity contribution in [3.8, 4) is 0 Å². The molecule has 2 N–H and O–H groups in total. The van der Waals surface area contributed by atoms with Gasteiger partial charge < -0.3 is 15.0 Å². The van der Waals surface area contributed by atoms with E-state index in [1.54, 1.807) is 35.8 Å². The Morgan fingerprint density at radius 1 is 1.30 bits per heavy atom. The Hall–Kier alpha value is -2.08. The maximum Gasteiger partial charge on any atom is 0.331 e. The van der Waals surface area contributed by atoms with Crippen LogP contribution in [0.5, 0.6) is 0 Å². The van der Waals surface area contributed by atoms with Gasteiger partial charge in [0, 0.05) is 17.1 Å². The first-order chi connectivity index (χ1) is 9.50. The van der Waals surface area contributed by atoms with E-state index < -0.39 is 12.0 Å². The molecular formula is C14H16N2O3S. The van der Waals surface area contributed by atoms with Crippen molar-refractivity contribution in [3.63, 3.8) is 0 Å². The highest BCUT2D eigenvalue weighted by atomic mass is 32.1. The van der Waals surface area contributed by atoms with Gasteiger partial charge in [-0.25, -0.2) is 4.79 Å². The van der Waals surface area contributed by atoms with E-state index in [9.17, 15) is 14.7 Å². The number of nitrogens with zero attached hydrogens (tertiary/aromatic N) is 1. The van der Waals surface area contributed by atoms with Crippen molar-refractivity contribution in [1.82, 2.24) is 9.88 Å². The molecule has 1 amide bonds. The van der Waals surface area contributed by atoms with Gasteiger partial charge in [-0.2, -0.15) is 0 Å². The molecule has 0 aliphatic rings. The standard InChI is InChI=1S/C14H16N2O3S/c1-9(2)16-7-3-5-10(16)13(17)15-12(14(18)19)11-6-4-8-20-11/h3-9,12H,1-2H3,(H,15,17)(H,18,19). The molecule has 2 aromatic heterocycles. The summed E-state index contributed by atoms with van der Waals surface area (Å²) in [4.78, 5) is 24.2. The van der Waals surface area contributed by atoms with Gasteiger partial charge >= 0.3 is 5.97 Å². The Bertz CT molecular complexity index is 602. The summed E-state index contributed by atoms with van der Waals surface area (Å²) in [6.45, 7) is 3.93. The van der Waals surface area contributed by atoms with Crippen LogP contribution >= 0.6 is 11.3 Å². The Morgan fingerprint density at radius 3 is 2.60 bits per heavy atom. The van der Waals surface area contributed by atoms with Gasteiger partial charge in [-0.3, -0.25) is 4.79 Å². The lowest BCUT2D eigenvalue weighted by atomic mass is 10.2. The van der Waals surface area contributed by atoms with Gasteiger partial charge in [0.2, 0.25) is 0 Å². The minimum atomic E-state index is -1.07. The molecule has 0 aliphatic carbocycles. The number of rotatable bonds is 5. The van der Waals surface area contributed by atoms with Crippen LogP contribution in [0.4, 0.5) is 0 Å². The van der Waals surface area contributed by atoms with Gasteiger partial charge in [0.15, 0.2) is 6.04 Å². The zero-order valence-corrected chi connectivity index (χ0v) is 12.1. The van der Waals surface area contributed by atoms with Crippen LogP contribution < -0.4 is 5.32 Å². The zero-order chi connectivity index (χ0) is 14.7. The summed E-state index contributed by atoms with van der Waals surface area (Å²) in [5.41, 5.74) is 0.461. The highest BCUT2D eigenvalue weighted by Gasteiger charge is 2.24. The number of nitrogens with one attached hydrogen (secondary N) is 1. The second-order valence-corrected chi connectivity index (χ2v) is 5.63. The van der Waals surface area contributed by atoms with Crippen LogP contribution in [0.1, 0.15) is 41.3 Å². The minimum Gasteiger partial charge on any atom is -0.479 e. The average Bonchev–Trinajstić information content (AvgIpc) is 3.05. The maximum absolute atomic E-state index is 12.3. The fourth-order valence-electron chi connectivity index (χ4n) is 1.95. The molecule has 106 valence electrons. The minimum absolute atomic E-state index is 0.135. The van der Waals surface area contributed by atoms with E-state index >= 15 is 0 Å². The van der Waals surface area contributed by atoms with Crippen molar-refractivity contribution < 1.29 is 14.7 Å². The van der Waals surface area contributed by atoms with Crippen molar-refractivity contribution in [2.24, 2.45) is 0 Å². The lowest BCUT2D eigenvalue weighted by Gasteiger charge is -2.16. The smallest absolute Gasteiger partial charge is 0.331 e. The van der Waals surface area contributed by atoms with E-state index in [2.05, 4.69) is 5.32 Å². The van der Waals surface area contributed by atoms with Crippen LogP contribution in [0.3, 0.4) is 0 Å². The van der Waals surface area contributed by atoms with Gasteiger partial charge in [-0.05, 0) is 37.4 Å². The molecular weight excluding hydrogens is 276 g/mol. The summed E-state index contributed by atoms with van der Waals surface area (Å²) in [5.74, 6) is -1.45. The normalized spacial score (nSPS) is 12.3. The third kappa shape index (κ3) is 2.91. The van der Waals surface area contributed by atoms with E-state index in [-0.39, 0.29) is 11.9 Å². The number of carboxylic acids is 1. The van der Waals surface area contributed by atoms with Gasteiger partial charge in [0.05, 0.1) is 0 Å². The van der Waals surface area contributed by atoms with Crippen molar-refractivity contribution in [1.29, 1.82) is 0 Å². The number of aliphatic carboxylic acids is 1. The molecule has 0 aliphatic heterocycles. The number of aromatic nitrogens is 1. The van der Waals surface area contributed by atoms with Gasteiger partial charge in [0.25, 0.3) is 5.91 Å². The van der Waals surface area contributed by atoms with Crippen LogP contribution in [0.25, 0.3) is 0 Å². The number of hydrogen-bond donors (Lipinski definition) is 2. The zero-order valence-electron chi connectivity index (χ0n) is 11.2. The van der Waals surface area contributed by atoms with E-state index in [0.29, 0.717) is 10.6 Å². The quantitative estimate of drug-likeness (QED) is 0.890. The van der Waals surface area contributed by atoms with Crippen LogP contribution in [-0.4, -0.2) is 21.6 Å². The number of thiophene rings is 1. The van der Waals surface area contributed by atoms with Crippen LogP contribution in [0.15, 0.2) is 35.8 Å². The number of carbonyl (C=O) groups excluding carboxylic acids is 1. The predicted octanol–water partition coefficient (Wildman–Crippen LogP) is 2.69. The SMILES string of the molecule is CC(C)n1cccc1C(=O)NC(C(=O)O)c1cccs1. The van der Waals surface area contributed by atoms with Crippen molar-refractivity contribution in [2.45, 2.75) is 25.9 Å². The molecule has 1 unspecified atom stereocenters. The maximum atomic E-state index is 12.3. The van der Waals surface area contributed by atoms with E-state index in [1.807, 2.05) is 18.4 Å². The molecule has 20 heavy (non-hydrogen) atoms. The van der Waals surface area contributed by atoms with Gasteiger partial charge in [-0.1, -0.05) is 6.07 Å². The van der Waals surface area contributed by atoms with E-state index in [0.717, 1.165) is 0 Å². The summed E-state index contributed by atoms with van der Waals surface area (Å²) >= 11 is 1.31. The molecule has 0 aromatic carbocycles. The fourth-order valence-corrected chi connectivity index (χ4v) is 2.72. The first-order valence-electron chi connectivity index (χ1n) is 6.24. The summed E-state index contributed by atoms with van der Waals surface area (Å²) < 4.78 is 1.81.